The fraction of sp³-hybridized carbons (Fsp3) is 0.143. The van der Waals surface area contributed by atoms with E-state index < -0.39 is 0 Å². The highest BCUT2D eigenvalue weighted by Crippen LogP contribution is 2.14. The van der Waals surface area contributed by atoms with Crippen LogP contribution in [-0.4, -0.2) is 14.6 Å². The summed E-state index contributed by atoms with van der Waals surface area (Å²) in [5, 5.41) is 4.50. The molecule has 0 aliphatic rings. The van der Waals surface area contributed by atoms with Gasteiger partial charge in [-0.1, -0.05) is 35.9 Å². The van der Waals surface area contributed by atoms with Gasteiger partial charge in [-0.15, -0.1) is 5.10 Å². The van der Waals surface area contributed by atoms with E-state index in [1.54, 1.807) is 0 Å². The van der Waals surface area contributed by atoms with Crippen molar-refractivity contribution in [3.05, 3.63) is 64.0 Å². The van der Waals surface area contributed by atoms with E-state index in [4.69, 9.17) is 0 Å². The highest BCUT2D eigenvalue weighted by Gasteiger charge is 2.06. The summed E-state index contributed by atoms with van der Waals surface area (Å²) in [5.41, 5.74) is 3.37. The van der Waals surface area contributed by atoms with Gasteiger partial charge in [0.25, 0.3) is 0 Å². The monoisotopic (exact) mass is 301 g/mol. The third-order valence-electron chi connectivity index (χ3n) is 2.80. The molecule has 0 radical (unpaired) electrons. The van der Waals surface area contributed by atoms with Gasteiger partial charge in [0.1, 0.15) is 4.60 Å². The molecule has 0 saturated heterocycles. The van der Waals surface area contributed by atoms with E-state index in [0.717, 1.165) is 22.5 Å². The Hall–Kier alpha value is -1.68. The van der Waals surface area contributed by atoms with Crippen molar-refractivity contribution >= 4 is 21.6 Å². The Bertz CT molecular complexity index is 703. The largest absolute Gasteiger partial charge is 0.212 e. The van der Waals surface area contributed by atoms with Gasteiger partial charge in [-0.2, -0.15) is 0 Å². The number of fused-ring (bicyclic) bond motifs is 1. The lowest BCUT2D eigenvalue weighted by Crippen LogP contribution is -1.93. The molecule has 0 spiro atoms. The molecule has 0 amide bonds. The van der Waals surface area contributed by atoms with Crippen LogP contribution in [0, 0.1) is 6.92 Å². The minimum Gasteiger partial charge on any atom is -0.212 e. The highest BCUT2D eigenvalue weighted by atomic mass is 79.9. The Kier molecular flexibility index (Phi) is 2.88. The molecule has 0 unspecified atom stereocenters. The Morgan fingerprint density at radius 1 is 1.17 bits per heavy atom. The highest BCUT2D eigenvalue weighted by molar-refractivity contribution is 9.10. The van der Waals surface area contributed by atoms with Gasteiger partial charge in [-0.05, 0) is 40.5 Å². The predicted octanol–water partition coefficient (Wildman–Crippen LogP) is 3.39. The van der Waals surface area contributed by atoms with Crippen LogP contribution in [0.4, 0.5) is 0 Å². The Morgan fingerprint density at radius 3 is 2.78 bits per heavy atom. The quantitative estimate of drug-likeness (QED) is 0.679. The summed E-state index contributed by atoms with van der Waals surface area (Å²) in [4.78, 5) is 4.52. The molecule has 3 aromatic rings. The van der Waals surface area contributed by atoms with Crippen LogP contribution in [0.5, 0.6) is 0 Å². The summed E-state index contributed by atoms with van der Waals surface area (Å²) in [5.74, 6) is 0.840. The topological polar surface area (TPSA) is 30.2 Å². The zero-order chi connectivity index (χ0) is 12.5. The number of nitrogens with zero attached hydrogens (tertiary/aromatic N) is 3. The number of aromatic nitrogens is 3. The molecular formula is C14H12BrN3. The minimum absolute atomic E-state index is 0.760. The van der Waals surface area contributed by atoms with Gasteiger partial charge < -0.3 is 0 Å². The first-order chi connectivity index (χ1) is 8.72. The number of benzene rings is 1. The van der Waals surface area contributed by atoms with Gasteiger partial charge in [-0.25, -0.2) is 9.50 Å². The van der Waals surface area contributed by atoms with Gasteiger partial charge in [0.2, 0.25) is 0 Å². The van der Waals surface area contributed by atoms with E-state index in [1.807, 2.05) is 22.7 Å². The fourth-order valence-corrected chi connectivity index (χ4v) is 2.41. The number of rotatable bonds is 2. The van der Waals surface area contributed by atoms with E-state index in [2.05, 4.69) is 57.2 Å². The second-order valence-corrected chi connectivity index (χ2v) is 5.12. The van der Waals surface area contributed by atoms with Crippen LogP contribution in [0.2, 0.25) is 0 Å². The lowest BCUT2D eigenvalue weighted by Gasteiger charge is -1.98. The lowest BCUT2D eigenvalue weighted by atomic mass is 10.1. The van der Waals surface area contributed by atoms with Crippen molar-refractivity contribution in [2.75, 3.05) is 0 Å². The summed E-state index contributed by atoms with van der Waals surface area (Å²) < 4.78 is 2.73. The van der Waals surface area contributed by atoms with Crippen molar-refractivity contribution in [2.24, 2.45) is 0 Å². The van der Waals surface area contributed by atoms with E-state index >= 15 is 0 Å². The maximum Gasteiger partial charge on any atom is 0.156 e. The fourth-order valence-electron chi connectivity index (χ4n) is 2.00. The molecule has 3 rings (SSSR count). The van der Waals surface area contributed by atoms with Crippen molar-refractivity contribution in [1.29, 1.82) is 0 Å². The summed E-state index contributed by atoms with van der Waals surface area (Å²) >= 11 is 3.47. The smallest absolute Gasteiger partial charge is 0.156 e. The van der Waals surface area contributed by atoms with Crippen LogP contribution < -0.4 is 0 Å². The molecule has 0 atom stereocenters. The van der Waals surface area contributed by atoms with Crippen LogP contribution in [-0.2, 0) is 6.42 Å². The first-order valence-corrected chi connectivity index (χ1v) is 6.57. The van der Waals surface area contributed by atoms with Crippen molar-refractivity contribution in [2.45, 2.75) is 13.3 Å². The third-order valence-corrected chi connectivity index (χ3v) is 3.40. The molecule has 2 heterocycles. The van der Waals surface area contributed by atoms with Crippen LogP contribution in [0.1, 0.15) is 17.0 Å². The molecule has 0 saturated carbocycles. The van der Waals surface area contributed by atoms with Gasteiger partial charge in [0.15, 0.2) is 11.5 Å². The molecule has 0 N–H and O–H groups in total. The predicted molar refractivity (Wildman–Crippen MR) is 74.7 cm³/mol. The zero-order valence-corrected chi connectivity index (χ0v) is 11.6. The second-order valence-electron chi connectivity index (χ2n) is 4.31. The summed E-state index contributed by atoms with van der Waals surface area (Å²) in [6.07, 6.45) is 0.760. The number of aryl methyl sites for hydroxylation is 1. The average Bonchev–Trinajstić information content (AvgIpc) is 2.73. The lowest BCUT2D eigenvalue weighted by molar-refractivity contribution is 0.883. The molecule has 1 aromatic carbocycles. The van der Waals surface area contributed by atoms with Crippen LogP contribution in [0.15, 0.2) is 47.1 Å². The van der Waals surface area contributed by atoms with E-state index in [9.17, 15) is 0 Å². The van der Waals surface area contributed by atoms with Crippen LogP contribution >= 0.6 is 15.9 Å². The Labute approximate surface area is 114 Å². The Balaban J connectivity index is 1.98. The van der Waals surface area contributed by atoms with E-state index in [1.165, 1.54) is 11.1 Å². The van der Waals surface area contributed by atoms with Crippen molar-refractivity contribution in [3.8, 4) is 0 Å². The van der Waals surface area contributed by atoms with Gasteiger partial charge in [0.05, 0.1) is 0 Å². The first kappa shape index (κ1) is 11.4. The number of pyridine rings is 1. The van der Waals surface area contributed by atoms with Crippen LogP contribution in [0.25, 0.3) is 5.65 Å². The minimum atomic E-state index is 0.760. The maximum atomic E-state index is 4.52. The average molecular weight is 302 g/mol. The van der Waals surface area contributed by atoms with Crippen LogP contribution in [0.3, 0.4) is 0 Å². The normalized spacial score (nSPS) is 11.0. The van der Waals surface area contributed by atoms with Crippen molar-refractivity contribution in [1.82, 2.24) is 14.6 Å². The van der Waals surface area contributed by atoms with E-state index in [0.29, 0.717) is 0 Å². The third kappa shape index (κ3) is 2.16. The number of hydrogen-bond donors (Lipinski definition) is 0. The zero-order valence-electron chi connectivity index (χ0n) is 9.97. The number of halogens is 1. The summed E-state index contributed by atoms with van der Waals surface area (Å²) in [7, 11) is 0. The SMILES string of the molecule is Cc1cccc(Cc2nc3cccc(Br)n3n2)c1. The summed E-state index contributed by atoms with van der Waals surface area (Å²) in [6.45, 7) is 2.09. The second kappa shape index (κ2) is 4.53. The summed E-state index contributed by atoms with van der Waals surface area (Å²) in [6, 6.07) is 14.3. The van der Waals surface area contributed by atoms with Crippen molar-refractivity contribution in [3.63, 3.8) is 0 Å². The van der Waals surface area contributed by atoms with Gasteiger partial charge >= 0.3 is 0 Å². The molecule has 4 heteroatoms. The molecule has 0 aliphatic carbocycles. The molecular weight excluding hydrogens is 290 g/mol. The van der Waals surface area contributed by atoms with Crippen molar-refractivity contribution < 1.29 is 0 Å². The molecule has 18 heavy (non-hydrogen) atoms. The van der Waals surface area contributed by atoms with E-state index in [-0.39, 0.29) is 0 Å². The molecule has 0 bridgehead atoms. The molecule has 0 aliphatic heterocycles. The Morgan fingerprint density at radius 2 is 2.00 bits per heavy atom. The van der Waals surface area contributed by atoms with Gasteiger partial charge in [-0.3, -0.25) is 0 Å². The maximum absolute atomic E-state index is 4.52. The molecule has 0 fully saturated rings. The number of hydrogen-bond acceptors (Lipinski definition) is 2. The molecule has 90 valence electrons. The molecule has 2 aromatic heterocycles. The van der Waals surface area contributed by atoms with Gasteiger partial charge in [0, 0.05) is 6.42 Å². The first-order valence-electron chi connectivity index (χ1n) is 5.78. The molecule has 3 nitrogen and oxygen atoms in total. The standard InChI is InChI=1S/C14H12BrN3/c1-10-4-2-5-11(8-10)9-13-16-14-7-3-6-12(15)18(14)17-13/h2-8H,9H2,1H3.